The second kappa shape index (κ2) is 13.2. The van der Waals surface area contributed by atoms with Gasteiger partial charge in [-0.3, -0.25) is 14.2 Å². The topological polar surface area (TPSA) is 87.7 Å². The molecule has 2 aromatic heterocycles. The molecule has 8 nitrogen and oxygen atoms in total. The molecule has 0 atom stereocenters. The van der Waals surface area contributed by atoms with Crippen LogP contribution < -0.4 is 4.74 Å². The lowest BCUT2D eigenvalue weighted by Gasteiger charge is -2.09. The number of alkyl halides is 3. The molecule has 11 heteroatoms. The van der Waals surface area contributed by atoms with Crippen LogP contribution in [0.15, 0.2) is 36.7 Å². The maximum atomic E-state index is 12.4. The highest BCUT2D eigenvalue weighted by molar-refractivity contribution is 5.93. The molecule has 0 saturated heterocycles. The Morgan fingerprint density at radius 3 is 2.42 bits per heavy atom. The van der Waals surface area contributed by atoms with Crippen LogP contribution in [0.1, 0.15) is 74.1 Å². The number of ketones is 1. The van der Waals surface area contributed by atoms with Crippen molar-refractivity contribution in [2.75, 3.05) is 0 Å². The van der Waals surface area contributed by atoms with Crippen molar-refractivity contribution in [2.24, 2.45) is 5.92 Å². The highest BCUT2D eigenvalue weighted by atomic mass is 19.4. The number of hydrogen-bond donors (Lipinski definition) is 0. The zero-order valence-electron chi connectivity index (χ0n) is 20.7. The van der Waals surface area contributed by atoms with Gasteiger partial charge < -0.3 is 4.74 Å². The van der Waals surface area contributed by atoms with E-state index in [1.807, 2.05) is 10.9 Å². The van der Waals surface area contributed by atoms with Gasteiger partial charge in [-0.1, -0.05) is 49.2 Å². The number of Topliss-reactive ketones (excluding diaryl/α,β-unsaturated/α-hetero) is 1. The zero-order chi connectivity index (χ0) is 26.0. The molecule has 0 aliphatic carbocycles. The lowest BCUT2D eigenvalue weighted by molar-refractivity contribution is -0.274. The van der Waals surface area contributed by atoms with Gasteiger partial charge in [0.05, 0.1) is 11.9 Å². The SMILES string of the molecule is CC(C)CCCCc1cn(CCCCn2cc(C(=O)CCc3cccc(OC(F)(F)F)c3)nn2)nn1. The fourth-order valence-corrected chi connectivity index (χ4v) is 3.79. The van der Waals surface area contributed by atoms with Gasteiger partial charge in [0.2, 0.25) is 0 Å². The normalized spacial score (nSPS) is 11.8. The Hall–Kier alpha value is -3.24. The van der Waals surface area contributed by atoms with Crippen molar-refractivity contribution < 1.29 is 22.7 Å². The molecule has 0 N–H and O–H groups in total. The average molecular weight is 507 g/mol. The fourth-order valence-electron chi connectivity index (χ4n) is 3.79. The van der Waals surface area contributed by atoms with Crippen molar-refractivity contribution in [1.82, 2.24) is 30.0 Å². The maximum absolute atomic E-state index is 12.4. The highest BCUT2D eigenvalue weighted by Crippen LogP contribution is 2.24. The molecule has 0 amide bonds. The van der Waals surface area contributed by atoms with E-state index in [1.54, 1.807) is 16.9 Å². The molecule has 3 rings (SSSR count). The van der Waals surface area contributed by atoms with E-state index in [-0.39, 0.29) is 30.1 Å². The van der Waals surface area contributed by atoms with Crippen LogP contribution in [0.4, 0.5) is 13.2 Å². The Labute approximate surface area is 208 Å². The monoisotopic (exact) mass is 506 g/mol. The number of nitrogens with zero attached hydrogens (tertiary/aromatic N) is 6. The number of rotatable bonds is 15. The van der Waals surface area contributed by atoms with E-state index in [1.165, 1.54) is 31.0 Å². The van der Waals surface area contributed by atoms with E-state index >= 15 is 0 Å². The number of aromatic nitrogens is 6. The molecule has 36 heavy (non-hydrogen) atoms. The van der Waals surface area contributed by atoms with Crippen molar-refractivity contribution in [1.29, 1.82) is 0 Å². The smallest absolute Gasteiger partial charge is 0.406 e. The first-order valence-electron chi connectivity index (χ1n) is 12.3. The van der Waals surface area contributed by atoms with Gasteiger partial charge in [-0.25, -0.2) is 0 Å². The number of benzene rings is 1. The summed E-state index contributed by atoms with van der Waals surface area (Å²) in [4.78, 5) is 12.4. The van der Waals surface area contributed by atoms with E-state index in [9.17, 15) is 18.0 Å². The summed E-state index contributed by atoms with van der Waals surface area (Å²) in [7, 11) is 0. The predicted octanol–water partition coefficient (Wildman–Crippen LogP) is 5.43. The molecular formula is C25H33F3N6O2. The molecule has 2 heterocycles. The number of carbonyl (C=O) groups excluding carboxylic acids is 1. The molecule has 0 aliphatic heterocycles. The Kier molecular flexibility index (Phi) is 10.0. The average Bonchev–Trinajstić information content (AvgIpc) is 3.47. The Morgan fingerprint density at radius 2 is 1.69 bits per heavy atom. The van der Waals surface area contributed by atoms with Gasteiger partial charge in [0.15, 0.2) is 5.78 Å². The van der Waals surface area contributed by atoms with Crippen LogP contribution >= 0.6 is 0 Å². The first kappa shape index (κ1) is 27.3. The van der Waals surface area contributed by atoms with Crippen molar-refractivity contribution in [2.45, 2.75) is 84.7 Å². The second-order valence-corrected chi connectivity index (χ2v) is 9.30. The molecule has 1 aromatic carbocycles. The number of aryl methyl sites for hydroxylation is 4. The largest absolute Gasteiger partial charge is 0.573 e. The molecule has 196 valence electrons. The lowest BCUT2D eigenvalue weighted by atomic mass is 10.0. The maximum Gasteiger partial charge on any atom is 0.573 e. The van der Waals surface area contributed by atoms with Gasteiger partial charge in [0.1, 0.15) is 11.4 Å². The molecule has 0 saturated carbocycles. The molecule has 0 unspecified atom stereocenters. The summed E-state index contributed by atoms with van der Waals surface area (Å²) in [5, 5.41) is 16.4. The predicted molar refractivity (Wildman–Crippen MR) is 127 cm³/mol. The van der Waals surface area contributed by atoms with Crippen LogP contribution in [-0.2, 0) is 25.9 Å². The third-order valence-electron chi connectivity index (χ3n) is 5.67. The number of unbranched alkanes of at least 4 members (excludes halogenated alkanes) is 2. The number of hydrogen-bond acceptors (Lipinski definition) is 6. The molecular weight excluding hydrogens is 473 g/mol. The van der Waals surface area contributed by atoms with Crippen molar-refractivity contribution in [3.05, 3.63) is 53.6 Å². The summed E-state index contributed by atoms with van der Waals surface area (Å²) in [6, 6.07) is 5.62. The van der Waals surface area contributed by atoms with Crippen molar-refractivity contribution >= 4 is 5.78 Å². The molecule has 0 radical (unpaired) electrons. The Bertz CT molecular complexity index is 1090. The van der Waals surface area contributed by atoms with E-state index in [0.29, 0.717) is 12.1 Å². The third-order valence-corrected chi connectivity index (χ3v) is 5.67. The van der Waals surface area contributed by atoms with E-state index in [2.05, 4.69) is 39.2 Å². The lowest BCUT2D eigenvalue weighted by Crippen LogP contribution is -2.17. The summed E-state index contributed by atoms with van der Waals surface area (Å²) < 4.78 is 44.6. The van der Waals surface area contributed by atoms with Gasteiger partial charge in [-0.2, -0.15) is 0 Å². The van der Waals surface area contributed by atoms with E-state index in [0.717, 1.165) is 43.8 Å². The van der Waals surface area contributed by atoms with Gasteiger partial charge in [0, 0.05) is 25.7 Å². The highest BCUT2D eigenvalue weighted by Gasteiger charge is 2.31. The fraction of sp³-hybridized carbons (Fsp3) is 0.560. The van der Waals surface area contributed by atoms with Gasteiger partial charge >= 0.3 is 6.36 Å². The minimum Gasteiger partial charge on any atom is -0.406 e. The standard InChI is InChI=1S/C25H33F3N6O2/c1-19(2)8-3-4-10-21-17-33(31-29-21)14-5-6-15-34-18-23(30-32-34)24(35)13-12-20-9-7-11-22(16-20)36-25(26,27)28/h7,9,11,16-19H,3-6,8,10,12-15H2,1-2H3. The minimum absolute atomic E-state index is 0.111. The van der Waals surface area contributed by atoms with Crippen molar-refractivity contribution in [3.8, 4) is 5.75 Å². The number of ether oxygens (including phenoxy) is 1. The molecule has 3 aromatic rings. The van der Waals surface area contributed by atoms with Gasteiger partial charge in [-0.15, -0.1) is 23.4 Å². The summed E-state index contributed by atoms with van der Waals surface area (Å²) in [6.45, 7) is 5.85. The summed E-state index contributed by atoms with van der Waals surface area (Å²) in [6.07, 6.45) is 5.50. The van der Waals surface area contributed by atoms with Crippen LogP contribution in [0.2, 0.25) is 0 Å². The number of halogens is 3. The molecule has 0 bridgehead atoms. The Morgan fingerprint density at radius 1 is 0.972 bits per heavy atom. The van der Waals surface area contributed by atoms with E-state index in [4.69, 9.17) is 0 Å². The summed E-state index contributed by atoms with van der Waals surface area (Å²) in [5.74, 6) is 0.210. The second-order valence-electron chi connectivity index (χ2n) is 9.30. The first-order valence-corrected chi connectivity index (χ1v) is 12.3. The summed E-state index contributed by atoms with van der Waals surface area (Å²) in [5.41, 5.74) is 1.85. The van der Waals surface area contributed by atoms with Crippen LogP contribution in [-0.4, -0.2) is 42.1 Å². The first-order chi connectivity index (χ1) is 17.2. The van der Waals surface area contributed by atoms with Crippen molar-refractivity contribution in [3.63, 3.8) is 0 Å². The quantitative estimate of drug-likeness (QED) is 0.202. The number of carbonyl (C=O) groups is 1. The van der Waals surface area contributed by atoms with Crippen LogP contribution in [0.3, 0.4) is 0 Å². The van der Waals surface area contributed by atoms with E-state index < -0.39 is 6.36 Å². The zero-order valence-corrected chi connectivity index (χ0v) is 20.7. The molecule has 0 aliphatic rings. The molecule has 0 fully saturated rings. The summed E-state index contributed by atoms with van der Waals surface area (Å²) >= 11 is 0. The van der Waals surface area contributed by atoms with Crippen LogP contribution in [0, 0.1) is 5.92 Å². The third kappa shape index (κ3) is 9.79. The molecule has 0 spiro atoms. The van der Waals surface area contributed by atoms with Gasteiger partial charge in [-0.05, 0) is 55.7 Å². The van der Waals surface area contributed by atoms with Crippen LogP contribution in [0.25, 0.3) is 0 Å². The Balaban J connectivity index is 1.36. The minimum atomic E-state index is -4.75. The van der Waals surface area contributed by atoms with Gasteiger partial charge in [0.25, 0.3) is 0 Å². The van der Waals surface area contributed by atoms with Crippen LogP contribution in [0.5, 0.6) is 5.75 Å².